The molecule has 0 N–H and O–H groups in total. The van der Waals surface area contributed by atoms with Gasteiger partial charge in [-0.15, -0.1) is 11.3 Å². The van der Waals surface area contributed by atoms with Gasteiger partial charge in [0.15, 0.2) is 0 Å². The second-order valence-electron chi connectivity index (χ2n) is 12.5. The minimum atomic E-state index is 1.13. The maximum atomic E-state index is 2.38. The molecule has 48 heavy (non-hydrogen) atoms. The molecular formula is C46H29NS. The molecule has 1 nitrogen and oxygen atoms in total. The fraction of sp³-hybridized carbons (Fsp3) is 0. The summed E-state index contributed by atoms with van der Waals surface area (Å²) in [5.41, 5.74) is 5.87. The Balaban J connectivity index is 1.15. The van der Waals surface area contributed by atoms with Gasteiger partial charge in [-0.05, 0) is 103 Å². The number of nitrogens with zero attached hydrogens (tertiary/aromatic N) is 1. The summed E-state index contributed by atoms with van der Waals surface area (Å²) in [5.74, 6) is 0. The second kappa shape index (κ2) is 10.8. The van der Waals surface area contributed by atoms with Crippen LogP contribution < -0.4 is 4.90 Å². The van der Waals surface area contributed by atoms with Gasteiger partial charge in [0.05, 0.1) is 0 Å². The third-order valence-corrected chi connectivity index (χ3v) is 10.9. The fourth-order valence-corrected chi connectivity index (χ4v) is 8.72. The average Bonchev–Trinajstić information content (AvgIpc) is 3.54. The molecule has 224 valence electrons. The first-order chi connectivity index (χ1) is 23.8. The molecule has 0 spiro atoms. The predicted molar refractivity (Wildman–Crippen MR) is 209 cm³/mol. The third-order valence-electron chi connectivity index (χ3n) is 9.80. The van der Waals surface area contributed by atoms with Gasteiger partial charge in [0.1, 0.15) is 0 Å². The monoisotopic (exact) mass is 627 g/mol. The summed E-state index contributed by atoms with van der Waals surface area (Å²) in [4.78, 5) is 2.38. The number of benzene rings is 9. The van der Waals surface area contributed by atoms with Crippen LogP contribution in [0.2, 0.25) is 0 Å². The molecule has 0 fully saturated rings. The molecule has 0 atom stereocenters. The Labute approximate surface area is 282 Å². The minimum Gasteiger partial charge on any atom is -0.310 e. The lowest BCUT2D eigenvalue weighted by Gasteiger charge is -2.26. The number of thiophene rings is 1. The predicted octanol–water partition coefficient (Wildman–Crippen LogP) is 13.8. The lowest BCUT2D eigenvalue weighted by atomic mass is 9.91. The molecule has 9 aromatic carbocycles. The van der Waals surface area contributed by atoms with Crippen molar-refractivity contribution in [2.45, 2.75) is 0 Å². The van der Waals surface area contributed by atoms with Crippen molar-refractivity contribution >= 4 is 91.7 Å². The summed E-state index contributed by atoms with van der Waals surface area (Å²) in [5, 5.41) is 12.9. The summed E-state index contributed by atoms with van der Waals surface area (Å²) in [6.45, 7) is 0. The van der Waals surface area contributed by atoms with Crippen molar-refractivity contribution in [1.82, 2.24) is 0 Å². The summed E-state index contributed by atoms with van der Waals surface area (Å²) in [6.07, 6.45) is 0. The molecule has 1 heterocycles. The molecule has 0 bridgehead atoms. The van der Waals surface area contributed by atoms with E-state index in [9.17, 15) is 0 Å². The Bertz CT molecular complexity index is 2820. The summed E-state index contributed by atoms with van der Waals surface area (Å²) in [6, 6.07) is 64.5. The molecule has 0 radical (unpaired) electrons. The number of fused-ring (bicyclic) bond motifs is 10. The van der Waals surface area contributed by atoms with Crippen molar-refractivity contribution in [3.8, 4) is 11.1 Å². The van der Waals surface area contributed by atoms with Crippen molar-refractivity contribution in [1.29, 1.82) is 0 Å². The van der Waals surface area contributed by atoms with Gasteiger partial charge in [-0.2, -0.15) is 0 Å². The molecule has 0 saturated carbocycles. The van der Waals surface area contributed by atoms with Crippen molar-refractivity contribution in [2.24, 2.45) is 0 Å². The molecule has 0 amide bonds. The molecule has 10 rings (SSSR count). The molecule has 0 unspecified atom stereocenters. The number of anilines is 3. The van der Waals surface area contributed by atoms with Gasteiger partial charge in [-0.1, -0.05) is 127 Å². The Morgan fingerprint density at radius 1 is 0.333 bits per heavy atom. The minimum absolute atomic E-state index is 1.13. The molecule has 0 aliphatic carbocycles. The lowest BCUT2D eigenvalue weighted by Crippen LogP contribution is -2.09. The van der Waals surface area contributed by atoms with Crippen LogP contribution in [0, 0.1) is 0 Å². The molecule has 0 aliphatic heterocycles. The van der Waals surface area contributed by atoms with Crippen LogP contribution in [0.5, 0.6) is 0 Å². The maximum Gasteiger partial charge on any atom is 0.0468 e. The van der Waals surface area contributed by atoms with Gasteiger partial charge in [0.2, 0.25) is 0 Å². The lowest BCUT2D eigenvalue weighted by molar-refractivity contribution is 1.29. The fourth-order valence-electron chi connectivity index (χ4n) is 7.60. The van der Waals surface area contributed by atoms with Crippen LogP contribution in [-0.4, -0.2) is 0 Å². The van der Waals surface area contributed by atoms with E-state index >= 15 is 0 Å². The van der Waals surface area contributed by atoms with Gasteiger partial charge >= 0.3 is 0 Å². The van der Waals surface area contributed by atoms with E-state index in [2.05, 4.69) is 181 Å². The Kier molecular flexibility index (Phi) is 6.12. The molecule has 10 aromatic rings. The highest BCUT2D eigenvalue weighted by atomic mass is 32.1. The third kappa shape index (κ3) is 4.24. The van der Waals surface area contributed by atoms with Crippen LogP contribution in [0.3, 0.4) is 0 Å². The molecule has 0 aliphatic rings. The largest absolute Gasteiger partial charge is 0.310 e. The second-order valence-corrected chi connectivity index (χ2v) is 13.6. The Morgan fingerprint density at radius 2 is 0.938 bits per heavy atom. The average molecular weight is 628 g/mol. The van der Waals surface area contributed by atoms with Crippen LogP contribution in [0.25, 0.3) is 74.4 Å². The first-order valence-electron chi connectivity index (χ1n) is 16.4. The number of hydrogen-bond donors (Lipinski definition) is 0. The maximum absolute atomic E-state index is 2.38. The first-order valence-corrected chi connectivity index (χ1v) is 17.2. The summed E-state index contributed by atoms with van der Waals surface area (Å²) >= 11 is 1.87. The van der Waals surface area contributed by atoms with E-state index < -0.39 is 0 Å². The quantitative estimate of drug-likeness (QED) is 0.176. The van der Waals surface area contributed by atoms with E-state index in [0.717, 1.165) is 17.1 Å². The Hall–Kier alpha value is -5.96. The number of hydrogen-bond acceptors (Lipinski definition) is 2. The zero-order valence-electron chi connectivity index (χ0n) is 26.1. The van der Waals surface area contributed by atoms with Crippen LogP contribution in [0.4, 0.5) is 17.1 Å². The van der Waals surface area contributed by atoms with Gasteiger partial charge in [-0.25, -0.2) is 0 Å². The van der Waals surface area contributed by atoms with E-state index in [1.165, 1.54) is 74.4 Å². The summed E-state index contributed by atoms with van der Waals surface area (Å²) in [7, 11) is 0. The zero-order chi connectivity index (χ0) is 31.6. The molecule has 0 saturated heterocycles. The van der Waals surface area contributed by atoms with E-state index in [1.807, 2.05) is 11.3 Å². The highest BCUT2D eigenvalue weighted by Gasteiger charge is 2.16. The van der Waals surface area contributed by atoms with Gasteiger partial charge < -0.3 is 4.90 Å². The van der Waals surface area contributed by atoms with E-state index in [-0.39, 0.29) is 0 Å². The van der Waals surface area contributed by atoms with Gasteiger partial charge in [-0.3, -0.25) is 0 Å². The topological polar surface area (TPSA) is 3.24 Å². The zero-order valence-corrected chi connectivity index (χ0v) is 26.9. The van der Waals surface area contributed by atoms with Gasteiger partial charge in [0, 0.05) is 37.2 Å². The normalized spacial score (nSPS) is 11.8. The number of para-hydroxylation sites is 1. The van der Waals surface area contributed by atoms with Crippen molar-refractivity contribution in [3.05, 3.63) is 176 Å². The van der Waals surface area contributed by atoms with Crippen molar-refractivity contribution in [3.63, 3.8) is 0 Å². The van der Waals surface area contributed by atoms with Crippen LogP contribution in [-0.2, 0) is 0 Å². The van der Waals surface area contributed by atoms with E-state index in [1.54, 1.807) is 0 Å². The highest BCUT2D eigenvalue weighted by Crippen LogP contribution is 2.43. The van der Waals surface area contributed by atoms with Crippen molar-refractivity contribution in [2.75, 3.05) is 4.90 Å². The van der Waals surface area contributed by atoms with E-state index in [4.69, 9.17) is 0 Å². The summed E-state index contributed by atoms with van der Waals surface area (Å²) < 4.78 is 2.65. The standard InChI is InChI=1S/C46H29NS/c1-2-11-35(12-3-1)47(37-27-23-32-24-28-43-46(41(32)29-37)40-14-6-7-16-42(40)48-43)36-25-21-31(22-26-36)39-15-8-10-33-19-20-34-18-17-30-9-4-5-13-38(30)45(34)44(33)39/h1-29H. The smallest absolute Gasteiger partial charge is 0.0468 e. The number of rotatable bonds is 4. The molecule has 1 aromatic heterocycles. The van der Waals surface area contributed by atoms with Gasteiger partial charge in [0.25, 0.3) is 0 Å². The Morgan fingerprint density at radius 3 is 1.79 bits per heavy atom. The highest BCUT2D eigenvalue weighted by molar-refractivity contribution is 7.26. The van der Waals surface area contributed by atoms with Crippen LogP contribution >= 0.6 is 11.3 Å². The molecule has 2 heteroatoms. The first kappa shape index (κ1) is 27.2. The van der Waals surface area contributed by atoms with Crippen LogP contribution in [0.1, 0.15) is 0 Å². The SMILES string of the molecule is c1ccc(N(c2ccc(-c3cccc4ccc5ccc6ccccc6c5c34)cc2)c2ccc3ccc4sc5ccccc5c4c3c2)cc1. The molecular weight excluding hydrogens is 599 g/mol. The van der Waals surface area contributed by atoms with E-state index in [0.29, 0.717) is 0 Å². The van der Waals surface area contributed by atoms with Crippen LogP contribution in [0.15, 0.2) is 176 Å². The van der Waals surface area contributed by atoms with Crippen molar-refractivity contribution < 1.29 is 0 Å².